The zero-order valence-electron chi connectivity index (χ0n) is 21.2. The third-order valence-electron chi connectivity index (χ3n) is 6.57. The number of anilines is 1. The fraction of sp³-hybridized carbons (Fsp3) is 0.500. The van der Waals surface area contributed by atoms with Crippen molar-refractivity contribution in [2.24, 2.45) is 0 Å². The molecule has 2 aromatic rings. The van der Waals surface area contributed by atoms with Gasteiger partial charge in [0.2, 0.25) is 5.91 Å². The number of ether oxygens (including phenoxy) is 2. The molecule has 0 unspecified atom stereocenters. The minimum absolute atomic E-state index is 0.0115. The Kier molecular flexibility index (Phi) is 10.5. The number of hydrogen-bond acceptors (Lipinski definition) is 4. The topological polar surface area (TPSA) is 67.9 Å². The monoisotopic (exact) mass is 502 g/mol. The van der Waals surface area contributed by atoms with Crippen molar-refractivity contribution in [3.05, 3.63) is 59.2 Å². The van der Waals surface area contributed by atoms with E-state index in [0.29, 0.717) is 44.5 Å². The molecular weight excluding hydrogens is 466 g/mol. The van der Waals surface area contributed by atoms with Crippen LogP contribution >= 0.6 is 0 Å². The van der Waals surface area contributed by atoms with E-state index in [4.69, 9.17) is 9.47 Å². The van der Waals surface area contributed by atoms with E-state index in [0.717, 1.165) is 43.1 Å². The molecule has 1 N–H and O–H groups in total. The highest BCUT2D eigenvalue weighted by Gasteiger charge is 2.27. The average molecular weight is 503 g/mol. The number of likely N-dealkylation sites (tertiary alicyclic amines) is 1. The number of rotatable bonds is 11. The molecule has 36 heavy (non-hydrogen) atoms. The summed E-state index contributed by atoms with van der Waals surface area (Å²) in [6, 6.07) is 9.99. The molecule has 196 valence electrons. The maximum absolute atomic E-state index is 14.6. The molecule has 2 amide bonds. The summed E-state index contributed by atoms with van der Waals surface area (Å²) in [6.07, 6.45) is 4.93. The summed E-state index contributed by atoms with van der Waals surface area (Å²) in [5, 5.41) is 2.60. The molecule has 0 saturated carbocycles. The van der Waals surface area contributed by atoms with Gasteiger partial charge in [-0.1, -0.05) is 31.5 Å². The highest BCUT2D eigenvalue weighted by atomic mass is 19.1. The van der Waals surface area contributed by atoms with E-state index < -0.39 is 11.6 Å². The number of benzene rings is 2. The van der Waals surface area contributed by atoms with E-state index >= 15 is 0 Å². The summed E-state index contributed by atoms with van der Waals surface area (Å²) in [6.45, 7) is 3.31. The first-order chi connectivity index (χ1) is 17.4. The summed E-state index contributed by atoms with van der Waals surface area (Å²) in [5.41, 5.74) is 1.43. The number of halogens is 2. The number of aryl methyl sites for hydroxylation is 1. The Morgan fingerprint density at radius 3 is 2.53 bits per heavy atom. The Balaban J connectivity index is 1.50. The number of amides is 2. The normalized spacial score (nSPS) is 13.9. The Morgan fingerprint density at radius 1 is 1.06 bits per heavy atom. The van der Waals surface area contributed by atoms with Crippen LogP contribution in [0.15, 0.2) is 36.4 Å². The van der Waals surface area contributed by atoms with Crippen LogP contribution in [0.4, 0.5) is 19.3 Å². The molecule has 1 aliphatic rings. The molecule has 1 saturated heterocycles. The first-order valence-electron chi connectivity index (χ1n) is 12.7. The molecule has 6 nitrogen and oxygen atoms in total. The van der Waals surface area contributed by atoms with E-state index in [1.54, 1.807) is 12.0 Å². The van der Waals surface area contributed by atoms with Crippen LogP contribution in [0.1, 0.15) is 68.9 Å². The SMILES string of the molecule is CCCCOC(=O)N1CCC(c2cc(NC(=O)CCCCc3ccccc3OC)c(F)cc2F)CC1. The zero-order chi connectivity index (χ0) is 25.9. The molecule has 3 rings (SSSR count). The molecule has 0 spiro atoms. The molecule has 1 heterocycles. The molecule has 2 aromatic carbocycles. The molecular formula is C28H36F2N2O4. The maximum Gasteiger partial charge on any atom is 0.409 e. The highest BCUT2D eigenvalue weighted by Crippen LogP contribution is 2.33. The molecule has 0 bridgehead atoms. The number of methoxy groups -OCH3 is 1. The van der Waals surface area contributed by atoms with Gasteiger partial charge in [0.05, 0.1) is 19.4 Å². The standard InChI is InChI=1S/C28H36F2N2O4/c1-3-4-17-36-28(34)32-15-13-20(14-16-32)22-18-25(24(30)19-23(22)29)31-27(33)12-8-6-10-21-9-5-7-11-26(21)35-2/h5,7,9,11,18-20H,3-4,6,8,10,12-17H2,1-2H3,(H,31,33). The summed E-state index contributed by atoms with van der Waals surface area (Å²) in [5.74, 6) is -1.08. The second-order valence-electron chi connectivity index (χ2n) is 9.15. The number of nitrogens with one attached hydrogen (secondary N) is 1. The number of carbonyl (C=O) groups excluding carboxylic acids is 2. The molecule has 8 heteroatoms. The van der Waals surface area contributed by atoms with Gasteiger partial charge in [-0.15, -0.1) is 0 Å². The largest absolute Gasteiger partial charge is 0.496 e. The molecule has 1 aliphatic heterocycles. The first kappa shape index (κ1) is 27.4. The van der Waals surface area contributed by atoms with Gasteiger partial charge >= 0.3 is 6.09 Å². The smallest absolute Gasteiger partial charge is 0.409 e. The lowest BCUT2D eigenvalue weighted by molar-refractivity contribution is -0.116. The number of unbranched alkanes of at least 4 members (excludes halogenated alkanes) is 2. The number of carbonyl (C=O) groups is 2. The van der Waals surface area contributed by atoms with E-state index in [1.165, 1.54) is 6.07 Å². The van der Waals surface area contributed by atoms with Gasteiger partial charge in [0.25, 0.3) is 0 Å². The average Bonchev–Trinajstić information content (AvgIpc) is 2.88. The van der Waals surface area contributed by atoms with Crippen molar-refractivity contribution in [2.75, 3.05) is 32.1 Å². The van der Waals surface area contributed by atoms with Crippen LogP contribution in [0.5, 0.6) is 5.75 Å². The fourth-order valence-corrected chi connectivity index (χ4v) is 4.47. The Hall–Kier alpha value is -3.16. The van der Waals surface area contributed by atoms with E-state index in [9.17, 15) is 18.4 Å². The third-order valence-corrected chi connectivity index (χ3v) is 6.57. The predicted octanol–water partition coefficient (Wildman–Crippen LogP) is 6.44. The lowest BCUT2D eigenvalue weighted by atomic mass is 9.89. The third kappa shape index (κ3) is 7.67. The number of nitrogens with zero attached hydrogens (tertiary/aromatic N) is 1. The van der Waals surface area contributed by atoms with Crippen LogP contribution in [0.25, 0.3) is 0 Å². The van der Waals surface area contributed by atoms with Crippen LogP contribution < -0.4 is 10.1 Å². The van der Waals surface area contributed by atoms with Crippen LogP contribution in [-0.4, -0.2) is 43.7 Å². The number of para-hydroxylation sites is 1. The second kappa shape index (κ2) is 13.8. The summed E-state index contributed by atoms with van der Waals surface area (Å²) < 4.78 is 39.6. The van der Waals surface area contributed by atoms with E-state index in [2.05, 4.69) is 5.32 Å². The lowest BCUT2D eigenvalue weighted by Gasteiger charge is -2.31. The maximum atomic E-state index is 14.6. The van der Waals surface area contributed by atoms with Gasteiger partial charge in [0, 0.05) is 25.6 Å². The predicted molar refractivity (Wildman–Crippen MR) is 135 cm³/mol. The van der Waals surface area contributed by atoms with Gasteiger partial charge in [-0.3, -0.25) is 4.79 Å². The molecule has 0 aromatic heterocycles. The zero-order valence-corrected chi connectivity index (χ0v) is 21.2. The van der Waals surface area contributed by atoms with Crippen LogP contribution in [0, 0.1) is 11.6 Å². The van der Waals surface area contributed by atoms with E-state index in [-0.39, 0.29) is 30.0 Å². The Morgan fingerprint density at radius 2 is 1.81 bits per heavy atom. The summed E-state index contributed by atoms with van der Waals surface area (Å²) >= 11 is 0. The van der Waals surface area contributed by atoms with Crippen molar-refractivity contribution < 1.29 is 27.8 Å². The van der Waals surface area contributed by atoms with Gasteiger partial charge in [0.1, 0.15) is 17.4 Å². The van der Waals surface area contributed by atoms with Crippen molar-refractivity contribution in [2.45, 2.75) is 64.2 Å². The molecule has 0 radical (unpaired) electrons. The van der Waals surface area contributed by atoms with Gasteiger partial charge in [-0.05, 0) is 67.7 Å². The van der Waals surface area contributed by atoms with Crippen molar-refractivity contribution in [3.8, 4) is 5.75 Å². The van der Waals surface area contributed by atoms with Gasteiger partial charge in [-0.2, -0.15) is 0 Å². The quantitative estimate of drug-likeness (QED) is 0.359. The fourth-order valence-electron chi connectivity index (χ4n) is 4.47. The molecule has 0 aliphatic carbocycles. The van der Waals surface area contributed by atoms with Gasteiger partial charge in [-0.25, -0.2) is 13.6 Å². The molecule has 0 atom stereocenters. The minimum Gasteiger partial charge on any atom is -0.496 e. The van der Waals surface area contributed by atoms with Crippen LogP contribution in [-0.2, 0) is 16.0 Å². The summed E-state index contributed by atoms with van der Waals surface area (Å²) in [4.78, 5) is 26.2. The van der Waals surface area contributed by atoms with Gasteiger partial charge < -0.3 is 19.7 Å². The highest BCUT2D eigenvalue weighted by molar-refractivity contribution is 5.90. The molecule has 1 fully saturated rings. The van der Waals surface area contributed by atoms with Gasteiger partial charge in [0.15, 0.2) is 0 Å². The minimum atomic E-state index is -0.796. The summed E-state index contributed by atoms with van der Waals surface area (Å²) in [7, 11) is 1.63. The number of piperidine rings is 1. The van der Waals surface area contributed by atoms with Crippen molar-refractivity contribution in [3.63, 3.8) is 0 Å². The number of hydrogen-bond donors (Lipinski definition) is 1. The Bertz CT molecular complexity index is 1020. The van der Waals surface area contributed by atoms with Crippen molar-refractivity contribution >= 4 is 17.7 Å². The Labute approximate surface area is 212 Å². The van der Waals surface area contributed by atoms with Crippen LogP contribution in [0.3, 0.4) is 0 Å². The first-order valence-corrected chi connectivity index (χ1v) is 12.7. The van der Waals surface area contributed by atoms with Crippen LogP contribution in [0.2, 0.25) is 0 Å². The lowest BCUT2D eigenvalue weighted by Crippen LogP contribution is -2.38. The van der Waals surface area contributed by atoms with Crippen molar-refractivity contribution in [1.29, 1.82) is 0 Å². The van der Waals surface area contributed by atoms with Crippen molar-refractivity contribution in [1.82, 2.24) is 4.90 Å². The van der Waals surface area contributed by atoms with E-state index in [1.807, 2.05) is 31.2 Å². The second-order valence-corrected chi connectivity index (χ2v) is 9.15.